The fourth-order valence-electron chi connectivity index (χ4n) is 1.46. The van der Waals surface area contributed by atoms with E-state index in [4.69, 9.17) is 5.11 Å². The molecule has 1 rings (SSSR count). The molecular formula is C14H17NO2. The van der Waals surface area contributed by atoms with Gasteiger partial charge in [-0.1, -0.05) is 24.0 Å². The number of hydrogen-bond donors (Lipinski definition) is 2. The first-order valence-corrected chi connectivity index (χ1v) is 5.60. The molecule has 90 valence electrons. The smallest absolute Gasteiger partial charge is 0.217 e. The molecular weight excluding hydrogens is 214 g/mol. The number of rotatable bonds is 3. The second kappa shape index (κ2) is 6.72. The quantitative estimate of drug-likeness (QED) is 0.777. The zero-order valence-corrected chi connectivity index (χ0v) is 10.2. The van der Waals surface area contributed by atoms with Crippen molar-refractivity contribution in [1.82, 2.24) is 5.32 Å². The first-order chi connectivity index (χ1) is 8.13. The number of aliphatic hydroxyl groups excluding tert-OH is 1. The Morgan fingerprint density at radius 1 is 1.41 bits per heavy atom. The van der Waals surface area contributed by atoms with E-state index in [1.54, 1.807) is 0 Å². The minimum atomic E-state index is -0.0377. The van der Waals surface area contributed by atoms with Gasteiger partial charge in [-0.15, -0.1) is 0 Å². The van der Waals surface area contributed by atoms with E-state index >= 15 is 0 Å². The predicted octanol–water partition coefficient (Wildman–Crippen LogP) is 1.62. The van der Waals surface area contributed by atoms with Crippen molar-refractivity contribution in [3.05, 3.63) is 35.4 Å². The van der Waals surface area contributed by atoms with Crippen LogP contribution in [-0.4, -0.2) is 17.6 Å². The fourth-order valence-corrected chi connectivity index (χ4v) is 1.46. The number of aliphatic hydroxyl groups is 1. The maximum absolute atomic E-state index is 10.9. The van der Waals surface area contributed by atoms with Crippen LogP contribution in [0.2, 0.25) is 0 Å². The number of hydrogen-bond acceptors (Lipinski definition) is 2. The van der Waals surface area contributed by atoms with Gasteiger partial charge < -0.3 is 10.4 Å². The number of nitrogens with one attached hydrogen (secondary N) is 1. The van der Waals surface area contributed by atoms with Crippen LogP contribution >= 0.6 is 0 Å². The van der Waals surface area contributed by atoms with Gasteiger partial charge in [0.1, 0.15) is 0 Å². The van der Waals surface area contributed by atoms with Gasteiger partial charge >= 0.3 is 0 Å². The Balaban J connectivity index is 2.68. The SMILES string of the molecule is CC(=O)NC(C)c1ccc(C#CCCO)cc1. The van der Waals surface area contributed by atoms with E-state index in [9.17, 15) is 4.79 Å². The molecule has 3 nitrogen and oxygen atoms in total. The molecule has 1 unspecified atom stereocenters. The van der Waals surface area contributed by atoms with Crippen molar-refractivity contribution < 1.29 is 9.90 Å². The van der Waals surface area contributed by atoms with E-state index in [1.807, 2.05) is 31.2 Å². The second-order valence-corrected chi connectivity index (χ2v) is 3.82. The number of benzene rings is 1. The average molecular weight is 231 g/mol. The summed E-state index contributed by atoms with van der Waals surface area (Å²) in [5.41, 5.74) is 1.96. The van der Waals surface area contributed by atoms with Gasteiger partial charge in [-0.05, 0) is 24.6 Å². The molecule has 0 fully saturated rings. The molecule has 0 aromatic heterocycles. The summed E-state index contributed by atoms with van der Waals surface area (Å²) in [7, 11) is 0. The average Bonchev–Trinajstić information content (AvgIpc) is 2.29. The van der Waals surface area contributed by atoms with Crippen molar-refractivity contribution in [3.8, 4) is 11.8 Å². The molecule has 1 aromatic carbocycles. The predicted molar refractivity (Wildman–Crippen MR) is 67.3 cm³/mol. The lowest BCUT2D eigenvalue weighted by atomic mass is 10.1. The molecule has 0 saturated heterocycles. The fraction of sp³-hybridized carbons (Fsp3) is 0.357. The van der Waals surface area contributed by atoms with E-state index in [2.05, 4.69) is 17.2 Å². The molecule has 0 aliphatic carbocycles. The highest BCUT2D eigenvalue weighted by atomic mass is 16.2. The summed E-state index contributed by atoms with van der Waals surface area (Å²) in [6.07, 6.45) is 0.490. The monoisotopic (exact) mass is 231 g/mol. The standard InChI is InChI=1S/C14H17NO2/c1-11(15-12(2)17)14-8-6-13(7-9-14)5-3-4-10-16/h6-9,11,16H,4,10H2,1-2H3,(H,15,17). The lowest BCUT2D eigenvalue weighted by molar-refractivity contribution is -0.119. The largest absolute Gasteiger partial charge is 0.395 e. The van der Waals surface area contributed by atoms with E-state index in [-0.39, 0.29) is 18.6 Å². The highest BCUT2D eigenvalue weighted by molar-refractivity contribution is 5.73. The lowest BCUT2D eigenvalue weighted by Gasteiger charge is -2.12. The maximum atomic E-state index is 10.9. The van der Waals surface area contributed by atoms with Gasteiger partial charge in [0, 0.05) is 18.9 Å². The Labute approximate surface area is 102 Å². The van der Waals surface area contributed by atoms with Crippen molar-refractivity contribution in [2.45, 2.75) is 26.3 Å². The highest BCUT2D eigenvalue weighted by Crippen LogP contribution is 2.12. The molecule has 1 aromatic rings. The summed E-state index contributed by atoms with van der Waals surface area (Å²) < 4.78 is 0. The van der Waals surface area contributed by atoms with Gasteiger partial charge in [0.2, 0.25) is 5.91 Å². The zero-order valence-electron chi connectivity index (χ0n) is 10.2. The lowest BCUT2D eigenvalue weighted by Crippen LogP contribution is -2.23. The Morgan fingerprint density at radius 3 is 2.59 bits per heavy atom. The van der Waals surface area contributed by atoms with Crippen LogP contribution in [0.5, 0.6) is 0 Å². The molecule has 0 spiro atoms. The number of carbonyl (C=O) groups is 1. The first kappa shape index (κ1) is 13.3. The Bertz CT molecular complexity index is 426. The van der Waals surface area contributed by atoms with Crippen molar-refractivity contribution in [1.29, 1.82) is 0 Å². The number of carbonyl (C=O) groups excluding carboxylic acids is 1. The van der Waals surface area contributed by atoms with Gasteiger partial charge in [0.25, 0.3) is 0 Å². The molecule has 0 aliphatic heterocycles. The Hall–Kier alpha value is -1.79. The van der Waals surface area contributed by atoms with Gasteiger partial charge in [-0.2, -0.15) is 0 Å². The van der Waals surface area contributed by atoms with Crippen LogP contribution in [-0.2, 0) is 4.79 Å². The van der Waals surface area contributed by atoms with Crippen LogP contribution < -0.4 is 5.32 Å². The van der Waals surface area contributed by atoms with Crippen LogP contribution in [0.15, 0.2) is 24.3 Å². The van der Waals surface area contributed by atoms with Crippen molar-refractivity contribution in [2.75, 3.05) is 6.61 Å². The second-order valence-electron chi connectivity index (χ2n) is 3.82. The third-order valence-electron chi connectivity index (χ3n) is 2.30. The minimum Gasteiger partial charge on any atom is -0.395 e. The Morgan fingerprint density at radius 2 is 2.06 bits per heavy atom. The van der Waals surface area contributed by atoms with Gasteiger partial charge in [-0.25, -0.2) is 0 Å². The van der Waals surface area contributed by atoms with Crippen LogP contribution in [0.25, 0.3) is 0 Å². The first-order valence-electron chi connectivity index (χ1n) is 5.60. The van der Waals surface area contributed by atoms with Gasteiger partial charge in [-0.3, -0.25) is 4.79 Å². The molecule has 3 heteroatoms. The third-order valence-corrected chi connectivity index (χ3v) is 2.30. The van der Waals surface area contributed by atoms with Crippen LogP contribution in [0, 0.1) is 11.8 Å². The molecule has 2 N–H and O–H groups in total. The molecule has 0 aliphatic rings. The summed E-state index contributed by atoms with van der Waals surface area (Å²) in [4.78, 5) is 10.9. The van der Waals surface area contributed by atoms with Crippen LogP contribution in [0.4, 0.5) is 0 Å². The Kier molecular flexibility index (Phi) is 5.25. The van der Waals surface area contributed by atoms with E-state index in [0.29, 0.717) is 6.42 Å². The zero-order chi connectivity index (χ0) is 12.7. The molecule has 0 radical (unpaired) electrons. The van der Waals surface area contributed by atoms with Gasteiger partial charge in [0.15, 0.2) is 0 Å². The summed E-state index contributed by atoms with van der Waals surface area (Å²) in [6.45, 7) is 3.53. The topological polar surface area (TPSA) is 49.3 Å². The summed E-state index contributed by atoms with van der Waals surface area (Å²) in [6, 6.07) is 7.73. The van der Waals surface area contributed by atoms with Crippen molar-refractivity contribution >= 4 is 5.91 Å². The third kappa shape index (κ3) is 4.71. The van der Waals surface area contributed by atoms with E-state index in [0.717, 1.165) is 11.1 Å². The molecule has 1 amide bonds. The minimum absolute atomic E-state index is 0.00644. The van der Waals surface area contributed by atoms with Crippen molar-refractivity contribution in [2.24, 2.45) is 0 Å². The van der Waals surface area contributed by atoms with E-state index < -0.39 is 0 Å². The van der Waals surface area contributed by atoms with Crippen LogP contribution in [0.3, 0.4) is 0 Å². The molecule has 0 heterocycles. The van der Waals surface area contributed by atoms with Gasteiger partial charge in [0.05, 0.1) is 12.6 Å². The summed E-state index contributed by atoms with van der Waals surface area (Å²) >= 11 is 0. The molecule has 0 saturated carbocycles. The summed E-state index contributed by atoms with van der Waals surface area (Å²) in [5, 5.41) is 11.4. The normalized spacial score (nSPS) is 11.2. The molecule has 17 heavy (non-hydrogen) atoms. The molecule has 1 atom stereocenters. The van der Waals surface area contributed by atoms with E-state index in [1.165, 1.54) is 6.92 Å². The molecule has 0 bridgehead atoms. The van der Waals surface area contributed by atoms with Crippen LogP contribution in [0.1, 0.15) is 37.4 Å². The number of amides is 1. The highest BCUT2D eigenvalue weighted by Gasteiger charge is 2.05. The summed E-state index contributed by atoms with van der Waals surface area (Å²) in [5.74, 6) is 5.78. The van der Waals surface area contributed by atoms with Crippen molar-refractivity contribution in [3.63, 3.8) is 0 Å². The maximum Gasteiger partial charge on any atom is 0.217 e.